The van der Waals surface area contributed by atoms with Crippen molar-refractivity contribution in [3.05, 3.63) is 46.0 Å². The summed E-state index contributed by atoms with van der Waals surface area (Å²) in [7, 11) is 0. The lowest BCUT2D eigenvalue weighted by Crippen LogP contribution is -2.50. The van der Waals surface area contributed by atoms with Crippen LogP contribution in [0.2, 0.25) is 0 Å². The molecule has 2 rings (SSSR count). The van der Waals surface area contributed by atoms with Crippen molar-refractivity contribution in [3.63, 3.8) is 0 Å². The van der Waals surface area contributed by atoms with Crippen LogP contribution in [0.15, 0.2) is 40.4 Å². The zero-order chi connectivity index (χ0) is 14.8. The van der Waals surface area contributed by atoms with Gasteiger partial charge in [0.25, 0.3) is 0 Å². The SMILES string of the molecule is CC(NC(=O)C1=CCCC1)(C(=O)O)c1ccccc1Br. The molecule has 0 aromatic heterocycles. The molecule has 1 aliphatic rings. The molecule has 1 aromatic rings. The zero-order valence-corrected chi connectivity index (χ0v) is 12.7. The first-order chi connectivity index (χ1) is 9.45. The largest absolute Gasteiger partial charge is 0.479 e. The van der Waals surface area contributed by atoms with Crippen LogP contribution in [0.25, 0.3) is 0 Å². The third-order valence-electron chi connectivity index (χ3n) is 3.54. The maximum absolute atomic E-state index is 12.2. The second-order valence-electron chi connectivity index (χ2n) is 4.99. The molecule has 4 nitrogen and oxygen atoms in total. The number of amides is 1. The van der Waals surface area contributed by atoms with Crippen molar-refractivity contribution in [3.8, 4) is 0 Å². The van der Waals surface area contributed by atoms with Crippen LogP contribution < -0.4 is 5.32 Å². The lowest BCUT2D eigenvalue weighted by atomic mass is 9.91. The molecule has 0 spiro atoms. The Morgan fingerprint density at radius 2 is 2.05 bits per heavy atom. The van der Waals surface area contributed by atoms with Crippen LogP contribution in [-0.2, 0) is 15.1 Å². The number of carbonyl (C=O) groups is 2. The monoisotopic (exact) mass is 337 g/mol. The van der Waals surface area contributed by atoms with Gasteiger partial charge in [-0.2, -0.15) is 0 Å². The molecule has 0 saturated carbocycles. The molecule has 1 aliphatic carbocycles. The van der Waals surface area contributed by atoms with Crippen LogP contribution in [0, 0.1) is 0 Å². The van der Waals surface area contributed by atoms with Crippen LogP contribution in [0.4, 0.5) is 0 Å². The first-order valence-electron chi connectivity index (χ1n) is 6.45. The van der Waals surface area contributed by atoms with E-state index in [1.54, 1.807) is 24.3 Å². The first-order valence-corrected chi connectivity index (χ1v) is 7.24. The minimum Gasteiger partial charge on any atom is -0.479 e. The molecule has 0 saturated heterocycles. The maximum Gasteiger partial charge on any atom is 0.333 e. The van der Waals surface area contributed by atoms with Gasteiger partial charge in [0.1, 0.15) is 0 Å². The number of benzene rings is 1. The minimum atomic E-state index is -1.46. The van der Waals surface area contributed by atoms with Gasteiger partial charge in [0.15, 0.2) is 5.54 Å². The predicted molar refractivity (Wildman–Crippen MR) is 79.2 cm³/mol. The minimum absolute atomic E-state index is 0.303. The molecule has 0 heterocycles. The number of carbonyl (C=O) groups excluding carboxylic acids is 1. The smallest absolute Gasteiger partial charge is 0.333 e. The number of hydrogen-bond donors (Lipinski definition) is 2. The van der Waals surface area contributed by atoms with Gasteiger partial charge in [-0.3, -0.25) is 4.79 Å². The quantitative estimate of drug-likeness (QED) is 0.887. The average Bonchev–Trinajstić information content (AvgIpc) is 2.92. The summed E-state index contributed by atoms with van der Waals surface area (Å²) in [5.74, 6) is -1.39. The van der Waals surface area contributed by atoms with Gasteiger partial charge >= 0.3 is 5.97 Å². The summed E-state index contributed by atoms with van der Waals surface area (Å²) < 4.78 is 0.658. The summed E-state index contributed by atoms with van der Waals surface area (Å²) in [4.78, 5) is 23.9. The molecule has 1 amide bonds. The van der Waals surface area contributed by atoms with Crippen molar-refractivity contribution >= 4 is 27.8 Å². The number of allylic oxidation sites excluding steroid dienone is 1. The van der Waals surface area contributed by atoms with E-state index in [-0.39, 0.29) is 5.91 Å². The first kappa shape index (κ1) is 14.8. The number of halogens is 1. The molecule has 1 atom stereocenters. The summed E-state index contributed by atoms with van der Waals surface area (Å²) in [6.07, 6.45) is 4.40. The van der Waals surface area contributed by atoms with Crippen LogP contribution in [0.3, 0.4) is 0 Å². The van der Waals surface area contributed by atoms with Crippen LogP contribution >= 0.6 is 15.9 Å². The van der Waals surface area contributed by atoms with Crippen molar-refractivity contribution in [2.24, 2.45) is 0 Å². The molecule has 0 radical (unpaired) electrons. The van der Waals surface area contributed by atoms with Crippen molar-refractivity contribution < 1.29 is 14.7 Å². The number of rotatable bonds is 4. The highest BCUT2D eigenvalue weighted by Gasteiger charge is 2.39. The Morgan fingerprint density at radius 1 is 1.35 bits per heavy atom. The van der Waals surface area contributed by atoms with Gasteiger partial charge in [-0.05, 0) is 32.3 Å². The molecule has 0 aliphatic heterocycles. The highest BCUT2D eigenvalue weighted by atomic mass is 79.9. The highest BCUT2D eigenvalue weighted by Crippen LogP contribution is 2.29. The summed E-state index contributed by atoms with van der Waals surface area (Å²) in [6.45, 7) is 1.50. The van der Waals surface area contributed by atoms with E-state index in [0.717, 1.165) is 12.8 Å². The average molecular weight is 338 g/mol. The van der Waals surface area contributed by atoms with Crippen molar-refractivity contribution in [1.82, 2.24) is 5.32 Å². The van der Waals surface area contributed by atoms with E-state index in [4.69, 9.17) is 0 Å². The molecule has 1 unspecified atom stereocenters. The summed E-state index contributed by atoms with van der Waals surface area (Å²) in [6, 6.07) is 7.01. The number of carboxylic acid groups (broad SMARTS) is 1. The summed E-state index contributed by atoms with van der Waals surface area (Å²) >= 11 is 3.34. The van der Waals surface area contributed by atoms with Gasteiger partial charge in [0.2, 0.25) is 5.91 Å². The van der Waals surface area contributed by atoms with Gasteiger partial charge in [0.05, 0.1) is 0 Å². The molecular weight excluding hydrogens is 322 g/mol. The second kappa shape index (κ2) is 5.79. The fourth-order valence-corrected chi connectivity index (χ4v) is 2.97. The standard InChI is InChI=1S/C15H16BrNO3/c1-15(14(19)20,11-8-4-5-9-12(11)16)17-13(18)10-6-2-3-7-10/h4-6,8-9H,2-3,7H2,1H3,(H,17,18)(H,19,20). The molecule has 0 fully saturated rings. The van der Waals surface area contributed by atoms with E-state index >= 15 is 0 Å². The maximum atomic E-state index is 12.2. The van der Waals surface area contributed by atoms with Crippen molar-refractivity contribution in [2.75, 3.05) is 0 Å². The Hall–Kier alpha value is -1.62. The van der Waals surface area contributed by atoms with Crippen LogP contribution in [-0.4, -0.2) is 17.0 Å². The Labute approximate surface area is 126 Å². The highest BCUT2D eigenvalue weighted by molar-refractivity contribution is 9.10. The molecule has 106 valence electrons. The zero-order valence-electron chi connectivity index (χ0n) is 11.1. The second-order valence-corrected chi connectivity index (χ2v) is 5.84. The molecule has 0 bridgehead atoms. The van der Waals surface area contributed by atoms with Crippen LogP contribution in [0.5, 0.6) is 0 Å². The summed E-state index contributed by atoms with van der Waals surface area (Å²) in [5.41, 5.74) is -0.260. The third-order valence-corrected chi connectivity index (χ3v) is 4.23. The number of hydrogen-bond acceptors (Lipinski definition) is 2. The number of nitrogens with one attached hydrogen (secondary N) is 1. The fraction of sp³-hybridized carbons (Fsp3) is 0.333. The molecular formula is C15H16BrNO3. The molecule has 2 N–H and O–H groups in total. The topological polar surface area (TPSA) is 66.4 Å². The van der Waals surface area contributed by atoms with Gasteiger partial charge in [-0.1, -0.05) is 40.2 Å². The molecule has 5 heteroatoms. The van der Waals surface area contributed by atoms with Gasteiger partial charge in [-0.15, -0.1) is 0 Å². The van der Waals surface area contributed by atoms with E-state index in [9.17, 15) is 14.7 Å². The van der Waals surface area contributed by atoms with Gasteiger partial charge < -0.3 is 10.4 Å². The number of carboxylic acids is 1. The third kappa shape index (κ3) is 2.77. The lowest BCUT2D eigenvalue weighted by Gasteiger charge is -2.28. The lowest BCUT2D eigenvalue weighted by molar-refractivity contribution is -0.146. The van der Waals surface area contributed by atoms with E-state index in [0.29, 0.717) is 22.0 Å². The van der Waals surface area contributed by atoms with E-state index in [1.165, 1.54) is 6.92 Å². The normalized spacial score (nSPS) is 17.2. The fourth-order valence-electron chi connectivity index (χ4n) is 2.29. The molecule has 20 heavy (non-hydrogen) atoms. The summed E-state index contributed by atoms with van der Waals surface area (Å²) in [5, 5.41) is 12.2. The van der Waals surface area contributed by atoms with Gasteiger partial charge in [-0.25, -0.2) is 4.79 Å². The Bertz CT molecular complexity index is 582. The Kier molecular flexibility index (Phi) is 4.28. The van der Waals surface area contributed by atoms with E-state index in [2.05, 4.69) is 21.2 Å². The molecule has 1 aromatic carbocycles. The predicted octanol–water partition coefficient (Wildman–Crippen LogP) is 2.98. The number of aliphatic carboxylic acids is 1. The van der Waals surface area contributed by atoms with Crippen molar-refractivity contribution in [2.45, 2.75) is 31.7 Å². The Morgan fingerprint density at radius 3 is 2.60 bits per heavy atom. The Balaban J connectivity index is 2.33. The van der Waals surface area contributed by atoms with Crippen LogP contribution in [0.1, 0.15) is 31.7 Å². The van der Waals surface area contributed by atoms with Gasteiger partial charge in [0, 0.05) is 15.6 Å². The van der Waals surface area contributed by atoms with E-state index in [1.807, 2.05) is 6.08 Å². The van der Waals surface area contributed by atoms with E-state index < -0.39 is 11.5 Å². The van der Waals surface area contributed by atoms with Crippen molar-refractivity contribution in [1.29, 1.82) is 0 Å².